The Bertz CT molecular complexity index is 552. The van der Waals surface area contributed by atoms with Gasteiger partial charge in [-0.3, -0.25) is 0 Å². The van der Waals surface area contributed by atoms with Gasteiger partial charge in [-0.15, -0.1) is 11.3 Å². The van der Waals surface area contributed by atoms with E-state index in [0.29, 0.717) is 11.4 Å². The first-order valence-corrected chi connectivity index (χ1v) is 7.90. The second kappa shape index (κ2) is 5.99. The predicted molar refractivity (Wildman–Crippen MR) is 78.8 cm³/mol. The number of benzene rings is 1. The fourth-order valence-corrected chi connectivity index (χ4v) is 4.00. The third kappa shape index (κ3) is 3.32. The van der Waals surface area contributed by atoms with Crippen molar-refractivity contribution < 1.29 is 8.78 Å². The number of hydrogen-bond acceptors (Lipinski definition) is 1. The highest BCUT2D eigenvalue weighted by Crippen LogP contribution is 2.39. The molecule has 0 aliphatic rings. The Labute approximate surface area is 129 Å². The molecule has 1 unspecified atom stereocenters. The summed E-state index contributed by atoms with van der Waals surface area (Å²) in [5, 5.41) is 0.657. The van der Waals surface area contributed by atoms with Gasteiger partial charge in [0.2, 0.25) is 0 Å². The van der Waals surface area contributed by atoms with Crippen LogP contribution < -0.4 is 0 Å². The third-order valence-corrected chi connectivity index (χ3v) is 6.08. The molecule has 18 heavy (non-hydrogen) atoms. The molecule has 0 saturated carbocycles. The van der Waals surface area contributed by atoms with E-state index in [1.807, 2.05) is 6.07 Å². The van der Waals surface area contributed by atoms with Gasteiger partial charge in [-0.1, -0.05) is 33.6 Å². The second-order valence-electron chi connectivity index (χ2n) is 3.69. The quantitative estimate of drug-likeness (QED) is 0.529. The topological polar surface area (TPSA) is 0 Å². The molecule has 0 aliphatic heterocycles. The smallest absolute Gasteiger partial charge is 0.159 e. The standard InChI is InChI=1S/C12H7Br2ClF2S/c13-7(11-5-8(15)12(14)18-11)3-6-1-2-9(16)10(17)4-6/h1-2,4-5,7H,3H2. The van der Waals surface area contributed by atoms with Gasteiger partial charge >= 0.3 is 0 Å². The fraction of sp³-hybridized carbons (Fsp3) is 0.167. The van der Waals surface area contributed by atoms with Crippen LogP contribution in [0.1, 0.15) is 15.3 Å². The molecule has 0 spiro atoms. The summed E-state index contributed by atoms with van der Waals surface area (Å²) in [5.41, 5.74) is 0.733. The molecule has 2 rings (SSSR count). The van der Waals surface area contributed by atoms with Crippen LogP contribution in [0.2, 0.25) is 5.02 Å². The van der Waals surface area contributed by atoms with Gasteiger partial charge in [0.1, 0.15) is 0 Å². The average molecular weight is 417 g/mol. The lowest BCUT2D eigenvalue weighted by Crippen LogP contribution is -1.95. The summed E-state index contributed by atoms with van der Waals surface area (Å²) in [5.74, 6) is -1.65. The van der Waals surface area contributed by atoms with Gasteiger partial charge in [0.25, 0.3) is 0 Å². The number of halogens is 5. The van der Waals surface area contributed by atoms with Crippen LogP contribution in [0.15, 0.2) is 28.1 Å². The minimum Gasteiger partial charge on any atom is -0.204 e. The monoisotopic (exact) mass is 414 g/mol. The highest BCUT2D eigenvalue weighted by atomic mass is 79.9. The number of hydrogen-bond donors (Lipinski definition) is 0. The highest BCUT2D eigenvalue weighted by molar-refractivity contribution is 9.11. The van der Waals surface area contributed by atoms with Crippen LogP contribution >= 0.6 is 54.8 Å². The zero-order valence-electron chi connectivity index (χ0n) is 8.89. The molecular formula is C12H7Br2ClF2S. The van der Waals surface area contributed by atoms with Gasteiger partial charge in [0, 0.05) is 4.88 Å². The van der Waals surface area contributed by atoms with E-state index in [0.717, 1.165) is 20.3 Å². The normalized spacial score (nSPS) is 12.7. The van der Waals surface area contributed by atoms with Crippen LogP contribution in [0.25, 0.3) is 0 Å². The predicted octanol–water partition coefficient (Wildman–Crippen LogP) is 6.12. The highest BCUT2D eigenvalue weighted by Gasteiger charge is 2.14. The van der Waals surface area contributed by atoms with E-state index in [9.17, 15) is 8.78 Å². The summed E-state index contributed by atoms with van der Waals surface area (Å²) in [7, 11) is 0. The SMILES string of the molecule is Fc1ccc(CC(Br)c2cc(Cl)c(Br)s2)cc1F. The van der Waals surface area contributed by atoms with Crippen molar-refractivity contribution in [1.82, 2.24) is 0 Å². The minimum atomic E-state index is -0.827. The molecule has 0 amide bonds. The Hall–Kier alpha value is 0.0300. The lowest BCUT2D eigenvalue weighted by atomic mass is 10.1. The molecule has 2 aromatic rings. The van der Waals surface area contributed by atoms with Crippen molar-refractivity contribution in [2.24, 2.45) is 0 Å². The lowest BCUT2D eigenvalue weighted by Gasteiger charge is -2.07. The maximum absolute atomic E-state index is 13.1. The van der Waals surface area contributed by atoms with Crippen LogP contribution in [0.4, 0.5) is 8.78 Å². The molecule has 0 aliphatic carbocycles. The third-order valence-electron chi connectivity index (χ3n) is 2.37. The summed E-state index contributed by atoms with van der Waals surface area (Å²) in [6.07, 6.45) is 0.570. The Morgan fingerprint density at radius 1 is 1.22 bits per heavy atom. The molecular weight excluding hydrogens is 409 g/mol. The summed E-state index contributed by atoms with van der Waals surface area (Å²) < 4.78 is 26.8. The molecule has 96 valence electrons. The van der Waals surface area contributed by atoms with Gasteiger partial charge in [-0.2, -0.15) is 0 Å². The van der Waals surface area contributed by atoms with E-state index in [1.54, 1.807) is 6.07 Å². The molecule has 6 heteroatoms. The largest absolute Gasteiger partial charge is 0.204 e. The first kappa shape index (κ1) is 14.4. The average Bonchev–Trinajstić information content (AvgIpc) is 2.65. The molecule has 1 aromatic heterocycles. The first-order valence-electron chi connectivity index (χ1n) is 5.00. The lowest BCUT2D eigenvalue weighted by molar-refractivity contribution is 0.507. The van der Waals surface area contributed by atoms with Crippen LogP contribution in [0, 0.1) is 11.6 Å². The van der Waals surface area contributed by atoms with Gasteiger partial charge in [-0.05, 0) is 46.1 Å². The van der Waals surface area contributed by atoms with Crippen molar-refractivity contribution in [3.63, 3.8) is 0 Å². The molecule has 0 radical (unpaired) electrons. The van der Waals surface area contributed by atoms with Crippen molar-refractivity contribution in [3.05, 3.63) is 55.1 Å². The van der Waals surface area contributed by atoms with Gasteiger partial charge in [-0.25, -0.2) is 8.78 Å². The van der Waals surface area contributed by atoms with Crippen molar-refractivity contribution in [1.29, 1.82) is 0 Å². The molecule has 0 fully saturated rings. The van der Waals surface area contributed by atoms with E-state index in [4.69, 9.17) is 11.6 Å². The van der Waals surface area contributed by atoms with Gasteiger partial charge in [0.15, 0.2) is 11.6 Å². The molecule has 0 saturated heterocycles. The van der Waals surface area contributed by atoms with E-state index >= 15 is 0 Å². The number of alkyl halides is 1. The summed E-state index contributed by atoms with van der Waals surface area (Å²) >= 11 is 14.3. The zero-order chi connectivity index (χ0) is 13.3. The van der Waals surface area contributed by atoms with Crippen molar-refractivity contribution in [2.75, 3.05) is 0 Å². The number of thiophene rings is 1. The minimum absolute atomic E-state index is 0.0242. The summed E-state index contributed by atoms with van der Waals surface area (Å²) in [4.78, 5) is 1.06. The van der Waals surface area contributed by atoms with Crippen LogP contribution in [0.5, 0.6) is 0 Å². The molecule has 0 N–H and O–H groups in total. The molecule has 1 atom stereocenters. The second-order valence-corrected chi connectivity index (χ2v) is 7.60. The summed E-state index contributed by atoms with van der Waals surface area (Å²) in [6, 6.07) is 5.79. The van der Waals surface area contributed by atoms with E-state index in [-0.39, 0.29) is 4.83 Å². The zero-order valence-corrected chi connectivity index (χ0v) is 13.6. The van der Waals surface area contributed by atoms with E-state index < -0.39 is 11.6 Å². The fourth-order valence-electron chi connectivity index (χ4n) is 1.49. The molecule has 1 heterocycles. The van der Waals surface area contributed by atoms with Crippen LogP contribution in [-0.2, 0) is 6.42 Å². The molecule has 0 bridgehead atoms. The number of rotatable bonds is 3. The maximum atomic E-state index is 13.1. The first-order chi connectivity index (χ1) is 8.47. The van der Waals surface area contributed by atoms with Crippen molar-refractivity contribution in [3.8, 4) is 0 Å². The van der Waals surface area contributed by atoms with Crippen molar-refractivity contribution in [2.45, 2.75) is 11.2 Å². The van der Waals surface area contributed by atoms with E-state index in [2.05, 4.69) is 31.9 Å². The Kier molecular flexibility index (Phi) is 4.80. The Morgan fingerprint density at radius 2 is 1.94 bits per heavy atom. The molecule has 0 nitrogen and oxygen atoms in total. The van der Waals surface area contributed by atoms with Gasteiger partial charge < -0.3 is 0 Å². The molecule has 1 aromatic carbocycles. The van der Waals surface area contributed by atoms with Crippen LogP contribution in [0.3, 0.4) is 0 Å². The van der Waals surface area contributed by atoms with Gasteiger partial charge in [0.05, 0.1) is 13.6 Å². The van der Waals surface area contributed by atoms with E-state index in [1.165, 1.54) is 17.4 Å². The Morgan fingerprint density at radius 3 is 2.50 bits per heavy atom. The van der Waals surface area contributed by atoms with Crippen molar-refractivity contribution >= 4 is 54.8 Å². The maximum Gasteiger partial charge on any atom is 0.159 e. The van der Waals surface area contributed by atoms with Crippen LogP contribution in [-0.4, -0.2) is 0 Å². The Balaban J connectivity index is 2.15. The summed E-state index contributed by atoms with van der Waals surface area (Å²) in [6.45, 7) is 0.